The van der Waals surface area contributed by atoms with Gasteiger partial charge in [0.15, 0.2) is 0 Å². The van der Waals surface area contributed by atoms with Gasteiger partial charge in [0, 0.05) is 24.2 Å². The normalized spacial score (nSPS) is 27.2. The fourth-order valence-corrected chi connectivity index (χ4v) is 2.70. The third kappa shape index (κ3) is 1.99. The summed E-state index contributed by atoms with van der Waals surface area (Å²) in [4.78, 5) is 16.0. The second kappa shape index (κ2) is 5.02. The Morgan fingerprint density at radius 3 is 3.00 bits per heavy atom. The van der Waals surface area contributed by atoms with Gasteiger partial charge in [-0.1, -0.05) is 6.92 Å². The summed E-state index contributed by atoms with van der Waals surface area (Å²) in [5.74, 6) is -0.885. The molecule has 1 N–H and O–H groups in total. The zero-order valence-corrected chi connectivity index (χ0v) is 10.6. The van der Waals surface area contributed by atoms with Gasteiger partial charge in [0.2, 0.25) is 0 Å². The molecule has 18 heavy (non-hydrogen) atoms. The monoisotopic (exact) mass is 252 g/mol. The van der Waals surface area contributed by atoms with Crippen molar-refractivity contribution in [3.8, 4) is 0 Å². The van der Waals surface area contributed by atoms with E-state index in [1.165, 1.54) is 19.4 Å². The molecule has 0 aliphatic carbocycles. The van der Waals surface area contributed by atoms with Crippen LogP contribution in [0.1, 0.15) is 19.0 Å². The molecular formula is C13H17FN2O2. The number of methoxy groups -OCH3 is 1. The summed E-state index contributed by atoms with van der Waals surface area (Å²) in [6, 6.07) is 3.04. The molecule has 0 saturated carbocycles. The van der Waals surface area contributed by atoms with Crippen LogP contribution in [0.4, 0.5) is 4.39 Å². The fraction of sp³-hybridized carbons (Fsp3) is 0.538. The molecule has 0 spiro atoms. The molecule has 2 atom stereocenters. The Hall–Kier alpha value is -1.49. The summed E-state index contributed by atoms with van der Waals surface area (Å²) in [6.45, 7) is 3.23. The Morgan fingerprint density at radius 1 is 1.67 bits per heavy atom. The van der Waals surface area contributed by atoms with Gasteiger partial charge in [-0.25, -0.2) is 4.39 Å². The zero-order chi connectivity index (χ0) is 13.2. The van der Waals surface area contributed by atoms with Crippen LogP contribution in [0.2, 0.25) is 0 Å². The van der Waals surface area contributed by atoms with Gasteiger partial charge in [-0.3, -0.25) is 9.78 Å². The minimum absolute atomic E-state index is 0.243. The van der Waals surface area contributed by atoms with E-state index in [2.05, 4.69) is 10.3 Å². The molecule has 98 valence electrons. The van der Waals surface area contributed by atoms with Gasteiger partial charge in [-0.2, -0.15) is 0 Å². The number of carbonyl (C=O) groups is 1. The van der Waals surface area contributed by atoms with E-state index in [0.29, 0.717) is 13.1 Å². The van der Waals surface area contributed by atoms with Crippen LogP contribution in [-0.4, -0.2) is 31.2 Å². The van der Waals surface area contributed by atoms with Crippen molar-refractivity contribution >= 4 is 5.97 Å². The number of nitrogens with one attached hydrogen (secondary N) is 1. The average molecular weight is 252 g/mol. The molecule has 2 heterocycles. The van der Waals surface area contributed by atoms with Crippen molar-refractivity contribution in [2.45, 2.75) is 18.8 Å². The summed E-state index contributed by atoms with van der Waals surface area (Å²) >= 11 is 0. The van der Waals surface area contributed by atoms with Gasteiger partial charge in [0.25, 0.3) is 0 Å². The number of ether oxygens (including phenoxy) is 1. The number of carbonyl (C=O) groups excluding carboxylic acids is 1. The first kappa shape index (κ1) is 13.0. The molecule has 2 unspecified atom stereocenters. The highest BCUT2D eigenvalue weighted by atomic mass is 19.1. The van der Waals surface area contributed by atoms with Crippen LogP contribution in [0, 0.1) is 11.7 Å². The van der Waals surface area contributed by atoms with Crippen molar-refractivity contribution in [1.82, 2.24) is 10.3 Å². The van der Waals surface area contributed by atoms with E-state index >= 15 is 0 Å². The number of esters is 1. The predicted octanol–water partition coefficient (Wildman–Crippen LogP) is 1.26. The lowest BCUT2D eigenvalue weighted by Crippen LogP contribution is -2.40. The molecule has 0 aromatic carbocycles. The third-order valence-electron chi connectivity index (χ3n) is 3.81. The lowest BCUT2D eigenvalue weighted by molar-refractivity contribution is -0.146. The molecule has 1 fully saturated rings. The fourth-order valence-electron chi connectivity index (χ4n) is 2.70. The Balaban J connectivity index is 2.40. The van der Waals surface area contributed by atoms with Crippen LogP contribution in [0.5, 0.6) is 0 Å². The standard InChI is InChI=1S/C13H17FN2O2/c1-3-13(11-5-4-9(14)6-16-11)8-15-7-10(13)12(17)18-2/h4-6,10,15H,3,7-8H2,1-2H3. The molecule has 2 rings (SSSR count). The maximum atomic E-state index is 13.0. The van der Waals surface area contributed by atoms with Crippen LogP contribution in [0.3, 0.4) is 0 Å². The van der Waals surface area contributed by atoms with E-state index in [1.807, 2.05) is 6.92 Å². The van der Waals surface area contributed by atoms with Crippen LogP contribution in [-0.2, 0) is 14.9 Å². The third-order valence-corrected chi connectivity index (χ3v) is 3.81. The highest BCUT2D eigenvalue weighted by Crippen LogP contribution is 2.38. The lowest BCUT2D eigenvalue weighted by Gasteiger charge is -2.31. The van der Waals surface area contributed by atoms with Crippen molar-refractivity contribution in [3.05, 3.63) is 29.8 Å². The van der Waals surface area contributed by atoms with Crippen LogP contribution in [0.15, 0.2) is 18.3 Å². The molecule has 0 amide bonds. The van der Waals surface area contributed by atoms with Gasteiger partial charge < -0.3 is 10.1 Å². The van der Waals surface area contributed by atoms with Crippen LogP contribution in [0.25, 0.3) is 0 Å². The molecule has 1 saturated heterocycles. The van der Waals surface area contributed by atoms with E-state index in [-0.39, 0.29) is 17.7 Å². The molecule has 1 aromatic heterocycles. The summed E-state index contributed by atoms with van der Waals surface area (Å²) in [6.07, 6.45) is 1.94. The molecule has 0 bridgehead atoms. The first-order chi connectivity index (χ1) is 8.64. The van der Waals surface area contributed by atoms with Crippen LogP contribution >= 0.6 is 0 Å². The van der Waals surface area contributed by atoms with Gasteiger partial charge in [0.1, 0.15) is 5.82 Å². The highest BCUT2D eigenvalue weighted by Gasteiger charge is 2.48. The Morgan fingerprint density at radius 2 is 2.44 bits per heavy atom. The topological polar surface area (TPSA) is 51.2 Å². The van der Waals surface area contributed by atoms with Gasteiger partial charge in [0.05, 0.1) is 19.2 Å². The Bertz CT molecular complexity index is 435. The minimum Gasteiger partial charge on any atom is -0.469 e. The lowest BCUT2D eigenvalue weighted by atomic mass is 9.73. The minimum atomic E-state index is -0.402. The quantitative estimate of drug-likeness (QED) is 0.823. The smallest absolute Gasteiger partial charge is 0.310 e. The molecule has 4 nitrogen and oxygen atoms in total. The molecular weight excluding hydrogens is 235 g/mol. The molecule has 5 heteroatoms. The number of aromatic nitrogens is 1. The highest BCUT2D eigenvalue weighted by molar-refractivity contribution is 5.75. The number of rotatable bonds is 3. The SMILES string of the molecule is CCC1(c2ccc(F)cn2)CNCC1C(=O)OC. The summed E-state index contributed by atoms with van der Waals surface area (Å²) in [7, 11) is 1.39. The predicted molar refractivity (Wildman–Crippen MR) is 64.5 cm³/mol. The maximum Gasteiger partial charge on any atom is 0.310 e. The summed E-state index contributed by atoms with van der Waals surface area (Å²) in [5.41, 5.74) is 0.340. The first-order valence-corrected chi connectivity index (χ1v) is 6.04. The molecule has 1 aliphatic rings. The molecule has 1 aromatic rings. The summed E-state index contributed by atoms with van der Waals surface area (Å²) in [5, 5.41) is 3.21. The second-order valence-electron chi connectivity index (χ2n) is 4.58. The zero-order valence-electron chi connectivity index (χ0n) is 10.6. The van der Waals surface area contributed by atoms with E-state index in [0.717, 1.165) is 12.1 Å². The summed E-state index contributed by atoms with van der Waals surface area (Å²) < 4.78 is 17.8. The van der Waals surface area contributed by atoms with Crippen molar-refractivity contribution < 1.29 is 13.9 Å². The number of halogens is 1. The number of hydrogen-bond acceptors (Lipinski definition) is 4. The Kier molecular flexibility index (Phi) is 3.61. The van der Waals surface area contributed by atoms with Crippen molar-refractivity contribution in [3.63, 3.8) is 0 Å². The number of pyridine rings is 1. The van der Waals surface area contributed by atoms with Crippen molar-refractivity contribution in [2.24, 2.45) is 5.92 Å². The van der Waals surface area contributed by atoms with Crippen molar-refractivity contribution in [2.75, 3.05) is 20.2 Å². The largest absolute Gasteiger partial charge is 0.469 e. The van der Waals surface area contributed by atoms with Crippen LogP contribution < -0.4 is 5.32 Å². The first-order valence-electron chi connectivity index (χ1n) is 6.04. The van der Waals surface area contributed by atoms with Crippen molar-refractivity contribution in [1.29, 1.82) is 0 Å². The van der Waals surface area contributed by atoms with E-state index in [9.17, 15) is 9.18 Å². The Labute approximate surface area is 106 Å². The number of hydrogen-bond donors (Lipinski definition) is 1. The molecule has 1 aliphatic heterocycles. The maximum absolute atomic E-state index is 13.0. The van der Waals surface area contributed by atoms with E-state index in [1.54, 1.807) is 6.07 Å². The van der Waals surface area contributed by atoms with E-state index < -0.39 is 5.41 Å². The second-order valence-corrected chi connectivity index (χ2v) is 4.58. The number of nitrogens with zero attached hydrogens (tertiary/aromatic N) is 1. The molecule has 0 radical (unpaired) electrons. The average Bonchev–Trinajstić information content (AvgIpc) is 2.83. The van der Waals surface area contributed by atoms with Gasteiger partial charge in [-0.15, -0.1) is 0 Å². The van der Waals surface area contributed by atoms with Gasteiger partial charge in [-0.05, 0) is 18.6 Å². The van der Waals surface area contributed by atoms with E-state index in [4.69, 9.17) is 4.74 Å². The van der Waals surface area contributed by atoms with Gasteiger partial charge >= 0.3 is 5.97 Å².